The quantitative estimate of drug-likeness (QED) is 0.557. The second kappa shape index (κ2) is 5.64. The summed E-state index contributed by atoms with van der Waals surface area (Å²) in [6, 6.07) is 7.06. The predicted molar refractivity (Wildman–Crippen MR) is 101 cm³/mol. The first kappa shape index (κ1) is 14.9. The Balaban J connectivity index is 1.39. The van der Waals surface area contributed by atoms with E-state index in [0.29, 0.717) is 23.9 Å². The molecule has 0 amide bonds. The molecule has 0 radical (unpaired) electrons. The number of anilines is 1. The van der Waals surface area contributed by atoms with Gasteiger partial charge < -0.3 is 14.7 Å². The molecular formula is C20H18N6O. The molecule has 0 aliphatic heterocycles. The Labute approximate surface area is 155 Å². The number of benzene rings is 1. The highest BCUT2D eigenvalue weighted by molar-refractivity contribution is 5.96. The molecule has 2 fully saturated rings. The first-order chi connectivity index (χ1) is 13.3. The van der Waals surface area contributed by atoms with Crippen molar-refractivity contribution in [2.24, 2.45) is 0 Å². The number of fused-ring (bicyclic) bond motifs is 1. The van der Waals surface area contributed by atoms with Crippen molar-refractivity contribution in [3.8, 4) is 22.7 Å². The second-order valence-electron chi connectivity index (χ2n) is 7.40. The summed E-state index contributed by atoms with van der Waals surface area (Å²) in [5.41, 5.74) is 4.96. The minimum absolute atomic E-state index is 0.481. The van der Waals surface area contributed by atoms with Crippen LogP contribution in [0.1, 0.15) is 37.3 Å². The van der Waals surface area contributed by atoms with Crippen LogP contribution in [0.5, 0.6) is 0 Å². The Kier molecular flexibility index (Phi) is 3.11. The molecule has 1 aromatic carbocycles. The lowest BCUT2D eigenvalue weighted by Gasteiger charge is -2.03. The van der Waals surface area contributed by atoms with Gasteiger partial charge in [0, 0.05) is 46.4 Å². The molecule has 3 heterocycles. The monoisotopic (exact) mass is 358 g/mol. The Morgan fingerprint density at radius 3 is 2.85 bits per heavy atom. The van der Waals surface area contributed by atoms with Crippen molar-refractivity contribution in [3.05, 3.63) is 42.5 Å². The summed E-state index contributed by atoms with van der Waals surface area (Å²) in [6.45, 7) is 0. The van der Waals surface area contributed by atoms with Crippen LogP contribution in [0.3, 0.4) is 0 Å². The summed E-state index contributed by atoms with van der Waals surface area (Å²) >= 11 is 0. The maximum Gasteiger partial charge on any atom is 0.315 e. The standard InChI is InChI=1S/C20H18N6O/c1-2-11(1)17-9-21-10-18(24-17)15-8-22-16-6-3-12(7-14(15)16)19-25-26-20(27-19)23-13-4-5-13/h3,6-11,13,22H,1-2,4-5H2,(H,23,26). The van der Waals surface area contributed by atoms with Crippen molar-refractivity contribution in [1.29, 1.82) is 0 Å². The van der Waals surface area contributed by atoms with Crippen LogP contribution in [0.25, 0.3) is 33.6 Å². The van der Waals surface area contributed by atoms with E-state index in [1.165, 1.54) is 12.8 Å². The van der Waals surface area contributed by atoms with Gasteiger partial charge in [0.15, 0.2) is 0 Å². The van der Waals surface area contributed by atoms with Gasteiger partial charge in [-0.05, 0) is 43.9 Å². The maximum atomic E-state index is 5.78. The molecule has 0 bridgehead atoms. The number of rotatable bonds is 5. The molecule has 2 aliphatic carbocycles. The normalized spacial score (nSPS) is 16.7. The van der Waals surface area contributed by atoms with Gasteiger partial charge in [-0.15, -0.1) is 5.10 Å². The zero-order chi connectivity index (χ0) is 17.8. The van der Waals surface area contributed by atoms with Crippen LogP contribution in [0.4, 0.5) is 6.01 Å². The van der Waals surface area contributed by atoms with Crippen molar-refractivity contribution >= 4 is 16.9 Å². The fourth-order valence-electron chi connectivity index (χ4n) is 3.35. The number of H-pyrrole nitrogens is 1. The summed E-state index contributed by atoms with van der Waals surface area (Å²) in [5, 5.41) is 12.6. The number of nitrogens with zero attached hydrogens (tertiary/aromatic N) is 4. The lowest BCUT2D eigenvalue weighted by atomic mass is 10.1. The lowest BCUT2D eigenvalue weighted by Crippen LogP contribution is -2.00. The molecule has 4 aromatic rings. The van der Waals surface area contributed by atoms with Crippen molar-refractivity contribution in [2.45, 2.75) is 37.6 Å². The number of hydrogen-bond acceptors (Lipinski definition) is 6. The van der Waals surface area contributed by atoms with Crippen molar-refractivity contribution in [3.63, 3.8) is 0 Å². The van der Waals surface area contributed by atoms with E-state index in [-0.39, 0.29) is 0 Å². The van der Waals surface area contributed by atoms with Crippen LogP contribution in [0.15, 0.2) is 41.2 Å². The highest BCUT2D eigenvalue weighted by atomic mass is 16.4. The number of hydrogen-bond donors (Lipinski definition) is 2. The highest BCUT2D eigenvalue weighted by Gasteiger charge is 2.26. The van der Waals surface area contributed by atoms with Crippen molar-refractivity contribution < 1.29 is 4.42 Å². The van der Waals surface area contributed by atoms with Crippen LogP contribution in [0.2, 0.25) is 0 Å². The molecule has 134 valence electrons. The van der Waals surface area contributed by atoms with Gasteiger partial charge in [0.25, 0.3) is 0 Å². The van der Waals surface area contributed by atoms with Gasteiger partial charge >= 0.3 is 6.01 Å². The highest BCUT2D eigenvalue weighted by Crippen LogP contribution is 2.39. The summed E-state index contributed by atoms with van der Waals surface area (Å²) in [4.78, 5) is 12.6. The molecule has 27 heavy (non-hydrogen) atoms. The zero-order valence-corrected chi connectivity index (χ0v) is 14.6. The molecule has 0 saturated heterocycles. The van der Waals surface area contributed by atoms with E-state index < -0.39 is 0 Å². The van der Waals surface area contributed by atoms with Crippen molar-refractivity contribution in [1.82, 2.24) is 25.1 Å². The summed E-state index contributed by atoms with van der Waals surface area (Å²) in [7, 11) is 0. The van der Waals surface area contributed by atoms with Gasteiger partial charge in [-0.25, -0.2) is 4.98 Å². The number of aromatic nitrogens is 5. The lowest BCUT2D eigenvalue weighted by molar-refractivity contribution is 0.581. The molecule has 2 aliphatic rings. The number of aromatic amines is 1. The van der Waals surface area contributed by atoms with E-state index in [0.717, 1.165) is 46.3 Å². The van der Waals surface area contributed by atoms with Crippen LogP contribution in [0, 0.1) is 0 Å². The van der Waals surface area contributed by atoms with E-state index in [4.69, 9.17) is 9.40 Å². The molecule has 0 spiro atoms. The average Bonchev–Trinajstić information content (AvgIpc) is 3.61. The van der Waals surface area contributed by atoms with Crippen LogP contribution >= 0.6 is 0 Å². The van der Waals surface area contributed by atoms with E-state index in [1.54, 1.807) is 0 Å². The second-order valence-corrected chi connectivity index (χ2v) is 7.40. The average molecular weight is 358 g/mol. The minimum Gasteiger partial charge on any atom is -0.403 e. The van der Waals surface area contributed by atoms with Gasteiger partial charge in [-0.1, -0.05) is 5.10 Å². The van der Waals surface area contributed by atoms with Gasteiger partial charge in [0.2, 0.25) is 5.89 Å². The van der Waals surface area contributed by atoms with Crippen LogP contribution < -0.4 is 5.32 Å². The zero-order valence-electron chi connectivity index (χ0n) is 14.6. The third-order valence-corrected chi connectivity index (χ3v) is 5.18. The summed E-state index contributed by atoms with van der Waals surface area (Å²) in [5.74, 6) is 1.10. The molecule has 6 rings (SSSR count). The predicted octanol–water partition coefficient (Wildman–Crippen LogP) is 4.13. The van der Waals surface area contributed by atoms with Crippen molar-refractivity contribution in [2.75, 3.05) is 5.32 Å². The SMILES string of the molecule is c1cc2[nH]cc(-c3cncc(C4CC4)n3)c2cc1-c1nnc(NC2CC2)o1. The molecule has 3 aromatic heterocycles. The molecule has 2 saturated carbocycles. The molecule has 7 heteroatoms. The molecule has 0 unspecified atom stereocenters. The Hall–Kier alpha value is -3.22. The maximum absolute atomic E-state index is 5.78. The summed E-state index contributed by atoms with van der Waals surface area (Å²) in [6.07, 6.45) is 10.5. The largest absolute Gasteiger partial charge is 0.403 e. The van der Waals surface area contributed by atoms with E-state index in [2.05, 4.69) is 31.5 Å². The Bertz CT molecular complexity index is 1140. The number of nitrogens with one attached hydrogen (secondary N) is 2. The van der Waals surface area contributed by atoms with Gasteiger partial charge in [0.05, 0.1) is 17.6 Å². The molecule has 2 N–H and O–H groups in total. The molecule has 0 atom stereocenters. The van der Waals surface area contributed by atoms with Crippen LogP contribution in [-0.4, -0.2) is 31.2 Å². The van der Waals surface area contributed by atoms with Crippen LogP contribution in [-0.2, 0) is 0 Å². The Morgan fingerprint density at radius 2 is 2.00 bits per heavy atom. The fourth-order valence-corrected chi connectivity index (χ4v) is 3.35. The smallest absolute Gasteiger partial charge is 0.315 e. The van der Waals surface area contributed by atoms with E-state index in [1.807, 2.05) is 30.7 Å². The fraction of sp³-hybridized carbons (Fsp3) is 0.300. The molecular weight excluding hydrogens is 340 g/mol. The minimum atomic E-state index is 0.481. The van der Waals surface area contributed by atoms with Gasteiger partial charge in [-0.3, -0.25) is 4.98 Å². The topological polar surface area (TPSA) is 92.5 Å². The van der Waals surface area contributed by atoms with E-state index >= 15 is 0 Å². The van der Waals surface area contributed by atoms with E-state index in [9.17, 15) is 0 Å². The van der Waals surface area contributed by atoms with Gasteiger partial charge in [0.1, 0.15) is 0 Å². The molecule has 7 nitrogen and oxygen atoms in total. The third kappa shape index (κ3) is 2.75. The summed E-state index contributed by atoms with van der Waals surface area (Å²) < 4.78 is 5.78. The first-order valence-corrected chi connectivity index (χ1v) is 9.37. The first-order valence-electron chi connectivity index (χ1n) is 9.37. The third-order valence-electron chi connectivity index (χ3n) is 5.18. The Morgan fingerprint density at radius 1 is 1.07 bits per heavy atom. The van der Waals surface area contributed by atoms with Gasteiger partial charge in [-0.2, -0.15) is 0 Å².